The first-order chi connectivity index (χ1) is 9.11. The van der Waals surface area contributed by atoms with Crippen molar-refractivity contribution in [1.29, 1.82) is 0 Å². The molecule has 0 amide bonds. The van der Waals surface area contributed by atoms with Crippen molar-refractivity contribution in [2.75, 3.05) is 5.32 Å². The van der Waals surface area contributed by atoms with E-state index in [9.17, 15) is 0 Å². The average Bonchev–Trinajstić information content (AvgIpc) is 2.77. The number of anilines is 2. The second kappa shape index (κ2) is 4.35. The number of nitrogens with zero attached hydrogens (tertiary/aromatic N) is 4. The molecule has 0 aliphatic carbocycles. The predicted molar refractivity (Wildman–Crippen MR) is 75.5 cm³/mol. The van der Waals surface area contributed by atoms with Crippen molar-refractivity contribution in [2.45, 2.75) is 13.8 Å². The van der Waals surface area contributed by atoms with Gasteiger partial charge in [-0.1, -0.05) is 0 Å². The van der Waals surface area contributed by atoms with Crippen molar-refractivity contribution in [3.63, 3.8) is 0 Å². The molecule has 0 atom stereocenters. The third-order valence-corrected chi connectivity index (χ3v) is 3.06. The summed E-state index contributed by atoms with van der Waals surface area (Å²) in [6.45, 7) is 3.95. The molecule has 3 rings (SSSR count). The lowest BCUT2D eigenvalue weighted by atomic mass is 10.2. The van der Waals surface area contributed by atoms with Crippen LogP contribution in [0.2, 0.25) is 0 Å². The molecule has 3 aromatic rings. The largest absolute Gasteiger partial charge is 0.339 e. The Morgan fingerprint density at radius 2 is 1.74 bits per heavy atom. The minimum atomic E-state index is 0.818. The van der Waals surface area contributed by atoms with E-state index >= 15 is 0 Å². The highest BCUT2D eigenvalue weighted by Gasteiger charge is 2.03. The van der Waals surface area contributed by atoms with E-state index < -0.39 is 0 Å². The maximum atomic E-state index is 4.55. The number of nitrogens with one attached hydrogen (secondary N) is 1. The molecule has 19 heavy (non-hydrogen) atoms. The van der Waals surface area contributed by atoms with Gasteiger partial charge >= 0.3 is 0 Å². The molecule has 0 aliphatic heterocycles. The normalized spacial score (nSPS) is 10.9. The molecule has 1 aromatic carbocycles. The van der Waals surface area contributed by atoms with Crippen LogP contribution in [0.15, 0.2) is 30.5 Å². The molecule has 0 fully saturated rings. The third-order valence-electron chi connectivity index (χ3n) is 3.06. The van der Waals surface area contributed by atoms with Crippen LogP contribution in [0.1, 0.15) is 11.4 Å². The van der Waals surface area contributed by atoms with Crippen LogP contribution in [0.4, 0.5) is 11.5 Å². The zero-order chi connectivity index (χ0) is 13.4. The molecule has 0 aliphatic rings. The Balaban J connectivity index is 1.99. The highest BCUT2D eigenvalue weighted by Crippen LogP contribution is 2.20. The molecule has 0 saturated carbocycles. The summed E-state index contributed by atoms with van der Waals surface area (Å²) in [4.78, 5) is 9.07. The van der Waals surface area contributed by atoms with E-state index in [0.717, 1.165) is 33.9 Å². The molecular weight excluding hydrogens is 238 g/mol. The van der Waals surface area contributed by atoms with Crippen LogP contribution in [0.25, 0.3) is 11.0 Å². The van der Waals surface area contributed by atoms with Crippen LogP contribution in [-0.2, 0) is 7.05 Å². The van der Waals surface area contributed by atoms with E-state index in [4.69, 9.17) is 0 Å². The third kappa shape index (κ3) is 2.27. The quantitative estimate of drug-likeness (QED) is 0.763. The van der Waals surface area contributed by atoms with Crippen LogP contribution in [0.3, 0.4) is 0 Å². The summed E-state index contributed by atoms with van der Waals surface area (Å²) in [5, 5.41) is 7.54. The summed E-state index contributed by atoms with van der Waals surface area (Å²) in [5.74, 6) is 0.818. The lowest BCUT2D eigenvalue weighted by molar-refractivity contribution is 0.771. The molecule has 0 spiro atoms. The van der Waals surface area contributed by atoms with E-state index in [1.54, 1.807) is 4.68 Å². The Hall–Kier alpha value is -2.43. The first-order valence-corrected chi connectivity index (χ1v) is 6.13. The smallest absolute Gasteiger partial charge is 0.152 e. The second-order valence-electron chi connectivity index (χ2n) is 4.60. The Morgan fingerprint density at radius 1 is 1.00 bits per heavy atom. The Labute approximate surface area is 111 Å². The van der Waals surface area contributed by atoms with Gasteiger partial charge in [0.25, 0.3) is 0 Å². The van der Waals surface area contributed by atoms with Crippen LogP contribution in [-0.4, -0.2) is 19.7 Å². The van der Waals surface area contributed by atoms with E-state index in [-0.39, 0.29) is 0 Å². The zero-order valence-electron chi connectivity index (χ0n) is 11.2. The van der Waals surface area contributed by atoms with E-state index in [1.807, 2.05) is 51.4 Å². The van der Waals surface area contributed by atoms with E-state index in [2.05, 4.69) is 20.4 Å². The first kappa shape index (κ1) is 11.6. The molecule has 0 saturated heterocycles. The number of fused-ring (bicyclic) bond motifs is 1. The summed E-state index contributed by atoms with van der Waals surface area (Å²) in [6.07, 6.45) is 1.90. The molecule has 5 heteroatoms. The fourth-order valence-electron chi connectivity index (χ4n) is 1.94. The predicted octanol–water partition coefficient (Wildman–Crippen LogP) is 2.72. The van der Waals surface area contributed by atoms with Gasteiger partial charge in [-0.25, -0.2) is 9.97 Å². The van der Waals surface area contributed by atoms with Gasteiger partial charge in [-0.3, -0.25) is 4.68 Å². The Kier molecular flexibility index (Phi) is 2.67. The highest BCUT2D eigenvalue weighted by molar-refractivity contribution is 5.79. The van der Waals surface area contributed by atoms with Gasteiger partial charge in [-0.05, 0) is 32.0 Å². The Bertz CT molecular complexity index is 745. The fraction of sp³-hybridized carbons (Fsp3) is 0.214. The minimum Gasteiger partial charge on any atom is -0.339 e. The van der Waals surface area contributed by atoms with Gasteiger partial charge in [0.15, 0.2) is 5.82 Å². The first-order valence-electron chi connectivity index (χ1n) is 6.13. The number of aromatic nitrogens is 4. The van der Waals surface area contributed by atoms with Crippen molar-refractivity contribution in [3.8, 4) is 0 Å². The van der Waals surface area contributed by atoms with Gasteiger partial charge in [-0.2, -0.15) is 5.10 Å². The number of rotatable bonds is 2. The molecule has 2 aromatic heterocycles. The fourth-order valence-corrected chi connectivity index (χ4v) is 1.94. The molecule has 2 heterocycles. The molecular formula is C14H15N5. The van der Waals surface area contributed by atoms with Crippen LogP contribution in [0, 0.1) is 13.8 Å². The summed E-state index contributed by atoms with van der Waals surface area (Å²) < 4.78 is 1.76. The second-order valence-corrected chi connectivity index (χ2v) is 4.60. The standard InChI is InChI=1S/C14H15N5/c1-9-10(2)16-13-8-11(4-5-12(13)15-9)17-14-6-7-19(3)18-14/h4-8H,1-3H3,(H,17,18). The van der Waals surface area contributed by atoms with Gasteiger partial charge in [0.2, 0.25) is 0 Å². The van der Waals surface area contributed by atoms with Crippen molar-refractivity contribution < 1.29 is 0 Å². The maximum Gasteiger partial charge on any atom is 0.152 e. The van der Waals surface area contributed by atoms with Crippen LogP contribution in [0.5, 0.6) is 0 Å². The molecule has 1 N–H and O–H groups in total. The minimum absolute atomic E-state index is 0.818. The average molecular weight is 253 g/mol. The van der Waals surface area contributed by atoms with Crippen LogP contribution < -0.4 is 5.32 Å². The maximum absolute atomic E-state index is 4.55. The van der Waals surface area contributed by atoms with Gasteiger partial charge in [0.05, 0.1) is 22.4 Å². The molecule has 96 valence electrons. The van der Waals surface area contributed by atoms with Crippen molar-refractivity contribution in [3.05, 3.63) is 41.9 Å². The zero-order valence-corrected chi connectivity index (χ0v) is 11.2. The van der Waals surface area contributed by atoms with Crippen molar-refractivity contribution >= 4 is 22.5 Å². The highest BCUT2D eigenvalue weighted by atomic mass is 15.3. The van der Waals surface area contributed by atoms with Crippen molar-refractivity contribution in [1.82, 2.24) is 19.7 Å². The number of hydrogen-bond donors (Lipinski definition) is 1. The van der Waals surface area contributed by atoms with E-state index in [0.29, 0.717) is 0 Å². The summed E-state index contributed by atoms with van der Waals surface area (Å²) in [5.41, 5.74) is 4.70. The lowest BCUT2D eigenvalue weighted by Gasteiger charge is -2.06. The molecule has 5 nitrogen and oxygen atoms in total. The van der Waals surface area contributed by atoms with Gasteiger partial charge in [0, 0.05) is 25.0 Å². The van der Waals surface area contributed by atoms with Crippen LogP contribution >= 0.6 is 0 Å². The molecule has 0 unspecified atom stereocenters. The Morgan fingerprint density at radius 3 is 2.42 bits per heavy atom. The lowest BCUT2D eigenvalue weighted by Crippen LogP contribution is -1.96. The van der Waals surface area contributed by atoms with Gasteiger partial charge in [-0.15, -0.1) is 0 Å². The van der Waals surface area contributed by atoms with Gasteiger partial charge < -0.3 is 5.32 Å². The summed E-state index contributed by atoms with van der Waals surface area (Å²) in [6, 6.07) is 7.88. The number of aryl methyl sites for hydroxylation is 3. The van der Waals surface area contributed by atoms with E-state index in [1.165, 1.54) is 0 Å². The monoisotopic (exact) mass is 253 g/mol. The van der Waals surface area contributed by atoms with Gasteiger partial charge in [0.1, 0.15) is 0 Å². The molecule has 0 bridgehead atoms. The summed E-state index contributed by atoms with van der Waals surface area (Å²) >= 11 is 0. The SMILES string of the molecule is Cc1nc2ccc(Nc3ccn(C)n3)cc2nc1C. The number of benzene rings is 1. The molecule has 0 radical (unpaired) electrons. The van der Waals surface area contributed by atoms with Crippen molar-refractivity contribution in [2.24, 2.45) is 7.05 Å². The topological polar surface area (TPSA) is 55.6 Å². The summed E-state index contributed by atoms with van der Waals surface area (Å²) in [7, 11) is 1.89. The number of hydrogen-bond acceptors (Lipinski definition) is 4.